The summed E-state index contributed by atoms with van der Waals surface area (Å²) in [6.45, 7) is 0.263. The Hall–Kier alpha value is -2.44. The number of rotatable bonds is 5. The average molecular weight is 265 g/mol. The number of amides is 3. The second-order valence-corrected chi connectivity index (χ2v) is 3.92. The number of aliphatic carboxylic acids is 1. The summed E-state index contributed by atoms with van der Waals surface area (Å²) < 4.78 is 0. The molecule has 0 aliphatic rings. The fourth-order valence-corrected chi connectivity index (χ4v) is 1.30. The monoisotopic (exact) mass is 265 g/mol. The SMILES string of the molecule is CN(Cc1ccccn1)C(=O)NC(=O)CCC(=O)O. The van der Waals surface area contributed by atoms with Crippen LogP contribution in [0.5, 0.6) is 0 Å². The lowest BCUT2D eigenvalue weighted by atomic mass is 10.3. The van der Waals surface area contributed by atoms with Gasteiger partial charge in [0, 0.05) is 19.7 Å². The van der Waals surface area contributed by atoms with Crippen molar-refractivity contribution in [1.29, 1.82) is 0 Å². The van der Waals surface area contributed by atoms with E-state index in [0.717, 1.165) is 0 Å². The third-order valence-corrected chi connectivity index (χ3v) is 2.28. The van der Waals surface area contributed by atoms with Crippen LogP contribution < -0.4 is 5.32 Å². The van der Waals surface area contributed by atoms with Gasteiger partial charge in [0.15, 0.2) is 0 Å². The van der Waals surface area contributed by atoms with Gasteiger partial charge in [0.25, 0.3) is 0 Å². The Kier molecular flexibility index (Phi) is 5.46. The maximum absolute atomic E-state index is 11.6. The minimum Gasteiger partial charge on any atom is -0.481 e. The Bertz CT molecular complexity index is 461. The molecule has 0 aromatic carbocycles. The third-order valence-electron chi connectivity index (χ3n) is 2.28. The van der Waals surface area contributed by atoms with Crippen molar-refractivity contribution in [2.45, 2.75) is 19.4 Å². The van der Waals surface area contributed by atoms with Crippen molar-refractivity contribution in [3.8, 4) is 0 Å². The van der Waals surface area contributed by atoms with Crippen molar-refractivity contribution in [3.63, 3.8) is 0 Å². The van der Waals surface area contributed by atoms with Gasteiger partial charge >= 0.3 is 12.0 Å². The standard InChI is InChI=1S/C12H15N3O4/c1-15(8-9-4-2-3-7-13-9)12(19)14-10(16)5-6-11(17)18/h2-4,7H,5-6,8H2,1H3,(H,17,18)(H,14,16,19). The van der Waals surface area contributed by atoms with E-state index < -0.39 is 17.9 Å². The molecular weight excluding hydrogens is 250 g/mol. The van der Waals surface area contributed by atoms with Gasteiger partial charge < -0.3 is 10.0 Å². The van der Waals surface area contributed by atoms with Crippen molar-refractivity contribution in [2.75, 3.05) is 7.05 Å². The van der Waals surface area contributed by atoms with E-state index in [0.29, 0.717) is 5.69 Å². The van der Waals surface area contributed by atoms with Gasteiger partial charge in [-0.25, -0.2) is 4.79 Å². The first-order chi connectivity index (χ1) is 8.99. The largest absolute Gasteiger partial charge is 0.481 e. The molecule has 0 radical (unpaired) electrons. The fourth-order valence-electron chi connectivity index (χ4n) is 1.30. The van der Waals surface area contributed by atoms with Crippen molar-refractivity contribution in [1.82, 2.24) is 15.2 Å². The van der Waals surface area contributed by atoms with Crippen LogP contribution in [-0.2, 0) is 16.1 Å². The molecule has 1 heterocycles. The molecule has 0 aliphatic carbocycles. The molecule has 2 N–H and O–H groups in total. The van der Waals surface area contributed by atoms with Crippen LogP contribution in [0.3, 0.4) is 0 Å². The number of aromatic nitrogens is 1. The first kappa shape index (κ1) is 14.6. The highest BCUT2D eigenvalue weighted by molar-refractivity contribution is 5.95. The molecule has 0 bridgehead atoms. The number of hydrogen-bond acceptors (Lipinski definition) is 4. The van der Waals surface area contributed by atoms with Crippen LogP contribution in [0.2, 0.25) is 0 Å². The molecule has 0 fully saturated rings. The summed E-state index contributed by atoms with van der Waals surface area (Å²) >= 11 is 0. The highest BCUT2D eigenvalue weighted by atomic mass is 16.4. The predicted molar refractivity (Wildman–Crippen MR) is 66.1 cm³/mol. The fraction of sp³-hybridized carbons (Fsp3) is 0.333. The van der Waals surface area contributed by atoms with Crippen LogP contribution in [0.1, 0.15) is 18.5 Å². The molecule has 0 unspecified atom stereocenters. The molecule has 1 rings (SSSR count). The lowest BCUT2D eigenvalue weighted by molar-refractivity contribution is -0.138. The van der Waals surface area contributed by atoms with Crippen LogP contribution in [0, 0.1) is 0 Å². The Morgan fingerprint density at radius 2 is 2.05 bits per heavy atom. The number of nitrogens with zero attached hydrogens (tertiary/aromatic N) is 2. The van der Waals surface area contributed by atoms with Crippen LogP contribution >= 0.6 is 0 Å². The molecule has 1 aromatic rings. The number of nitrogens with one attached hydrogen (secondary N) is 1. The molecular formula is C12H15N3O4. The molecule has 0 saturated heterocycles. The third kappa shape index (κ3) is 5.62. The number of pyridine rings is 1. The number of carboxylic acid groups (broad SMARTS) is 1. The Morgan fingerprint density at radius 3 is 2.63 bits per heavy atom. The molecule has 19 heavy (non-hydrogen) atoms. The highest BCUT2D eigenvalue weighted by Crippen LogP contribution is 1.99. The zero-order valence-corrected chi connectivity index (χ0v) is 10.5. The van der Waals surface area contributed by atoms with Crippen LogP contribution in [-0.4, -0.2) is 39.9 Å². The van der Waals surface area contributed by atoms with Gasteiger partial charge in [0.05, 0.1) is 18.7 Å². The minimum absolute atomic E-state index is 0.224. The quantitative estimate of drug-likeness (QED) is 0.812. The molecule has 0 saturated carbocycles. The van der Waals surface area contributed by atoms with E-state index in [1.165, 1.54) is 11.9 Å². The topological polar surface area (TPSA) is 99.6 Å². The molecule has 0 aliphatic heterocycles. The van der Waals surface area contributed by atoms with Gasteiger partial charge in [0.1, 0.15) is 0 Å². The summed E-state index contributed by atoms with van der Waals surface area (Å²) in [5, 5.41) is 10.5. The van der Waals surface area contributed by atoms with E-state index in [4.69, 9.17) is 5.11 Å². The summed E-state index contributed by atoms with van der Waals surface area (Å²) in [6, 6.07) is 4.74. The van der Waals surface area contributed by atoms with Crippen LogP contribution in [0.4, 0.5) is 4.79 Å². The van der Waals surface area contributed by atoms with Crippen molar-refractivity contribution >= 4 is 17.9 Å². The van der Waals surface area contributed by atoms with Gasteiger partial charge in [-0.3, -0.25) is 19.9 Å². The first-order valence-electron chi connectivity index (χ1n) is 5.65. The number of carbonyl (C=O) groups excluding carboxylic acids is 2. The summed E-state index contributed by atoms with van der Waals surface area (Å²) in [7, 11) is 1.52. The van der Waals surface area contributed by atoms with Gasteiger partial charge in [-0.1, -0.05) is 6.07 Å². The molecule has 7 nitrogen and oxygen atoms in total. The molecule has 3 amide bonds. The molecule has 1 aromatic heterocycles. The maximum Gasteiger partial charge on any atom is 0.324 e. The van der Waals surface area contributed by atoms with Gasteiger partial charge in [-0.05, 0) is 12.1 Å². The average Bonchev–Trinajstić information content (AvgIpc) is 2.37. The van der Waals surface area contributed by atoms with E-state index >= 15 is 0 Å². The van der Waals surface area contributed by atoms with E-state index in [1.807, 2.05) is 0 Å². The number of hydrogen-bond donors (Lipinski definition) is 2. The van der Waals surface area contributed by atoms with Crippen LogP contribution in [0.25, 0.3) is 0 Å². The van der Waals surface area contributed by atoms with E-state index in [1.54, 1.807) is 24.4 Å². The van der Waals surface area contributed by atoms with E-state index in [-0.39, 0.29) is 19.4 Å². The maximum atomic E-state index is 11.6. The van der Waals surface area contributed by atoms with E-state index in [9.17, 15) is 14.4 Å². The first-order valence-corrected chi connectivity index (χ1v) is 5.65. The van der Waals surface area contributed by atoms with E-state index in [2.05, 4.69) is 10.3 Å². The lowest BCUT2D eigenvalue weighted by Crippen LogP contribution is -2.40. The summed E-state index contributed by atoms with van der Waals surface area (Å²) in [5.41, 5.74) is 0.693. The van der Waals surface area contributed by atoms with Crippen molar-refractivity contribution in [2.24, 2.45) is 0 Å². The number of imide groups is 1. The number of carboxylic acids is 1. The summed E-state index contributed by atoms with van der Waals surface area (Å²) in [6.07, 6.45) is 1.08. The van der Waals surface area contributed by atoms with Gasteiger partial charge in [-0.15, -0.1) is 0 Å². The molecule has 7 heteroatoms. The summed E-state index contributed by atoms with van der Waals surface area (Å²) in [4.78, 5) is 38.5. The van der Waals surface area contributed by atoms with Crippen molar-refractivity contribution in [3.05, 3.63) is 30.1 Å². The number of carbonyl (C=O) groups is 3. The van der Waals surface area contributed by atoms with Gasteiger partial charge in [-0.2, -0.15) is 0 Å². The minimum atomic E-state index is -1.08. The Balaban J connectivity index is 2.40. The normalized spacial score (nSPS) is 9.74. The van der Waals surface area contributed by atoms with Gasteiger partial charge in [0.2, 0.25) is 5.91 Å². The Labute approximate surface area is 110 Å². The Morgan fingerprint density at radius 1 is 1.32 bits per heavy atom. The molecule has 0 spiro atoms. The highest BCUT2D eigenvalue weighted by Gasteiger charge is 2.13. The second-order valence-electron chi connectivity index (χ2n) is 3.92. The zero-order chi connectivity index (χ0) is 14.3. The van der Waals surface area contributed by atoms with Crippen LogP contribution in [0.15, 0.2) is 24.4 Å². The van der Waals surface area contributed by atoms with Crippen molar-refractivity contribution < 1.29 is 19.5 Å². The lowest BCUT2D eigenvalue weighted by Gasteiger charge is -2.16. The smallest absolute Gasteiger partial charge is 0.324 e. The number of urea groups is 1. The molecule has 102 valence electrons. The second kappa shape index (κ2) is 7.10. The molecule has 0 atom stereocenters. The summed E-state index contributed by atoms with van der Waals surface area (Å²) in [5.74, 6) is -1.69. The zero-order valence-electron chi connectivity index (χ0n) is 10.5. The predicted octanol–water partition coefficient (Wildman–Crippen LogP) is 0.614.